The van der Waals surface area contributed by atoms with E-state index in [1.165, 1.54) is 0 Å². The van der Waals surface area contributed by atoms with Gasteiger partial charge in [0, 0.05) is 19.5 Å². The number of para-hydroxylation sites is 2. The molecule has 6 heteroatoms. The summed E-state index contributed by atoms with van der Waals surface area (Å²) in [7, 11) is 0. The number of benzene rings is 2. The average Bonchev–Trinajstić information content (AvgIpc) is 3.07. The number of fused-ring (bicyclic) bond motifs is 1. The van der Waals surface area contributed by atoms with Crippen LogP contribution in [0.4, 0.5) is 11.4 Å². The van der Waals surface area contributed by atoms with Crippen LogP contribution in [0.1, 0.15) is 5.56 Å². The van der Waals surface area contributed by atoms with Gasteiger partial charge in [-0.15, -0.1) is 0 Å². The predicted octanol–water partition coefficient (Wildman–Crippen LogP) is 3.12. The molecule has 0 bridgehead atoms. The number of hydrogen-bond donors (Lipinski definition) is 1. The molecule has 0 radical (unpaired) electrons. The fourth-order valence-electron chi connectivity index (χ4n) is 3.27. The van der Waals surface area contributed by atoms with Crippen molar-refractivity contribution in [2.24, 2.45) is 0 Å². The van der Waals surface area contributed by atoms with Crippen LogP contribution >= 0.6 is 11.6 Å². The van der Waals surface area contributed by atoms with Crippen LogP contribution in [0, 0.1) is 0 Å². The lowest BCUT2D eigenvalue weighted by atomic mass is 10.1. The highest BCUT2D eigenvalue weighted by Crippen LogP contribution is 2.35. The summed E-state index contributed by atoms with van der Waals surface area (Å²) in [6, 6.07) is 13.3. The molecule has 1 unspecified atom stereocenters. The Morgan fingerprint density at radius 1 is 1.12 bits per heavy atom. The quantitative estimate of drug-likeness (QED) is 0.916. The maximum absolute atomic E-state index is 12.7. The second kappa shape index (κ2) is 6.94. The van der Waals surface area contributed by atoms with Crippen molar-refractivity contribution in [2.75, 3.05) is 36.5 Å². The first-order chi connectivity index (χ1) is 12.2. The molecule has 1 atom stereocenters. The lowest BCUT2D eigenvalue weighted by Crippen LogP contribution is -2.38. The van der Waals surface area contributed by atoms with Crippen LogP contribution in [0.15, 0.2) is 42.5 Å². The molecule has 2 aromatic carbocycles. The number of halogens is 1. The number of nitrogens with one attached hydrogen (secondary N) is 1. The molecule has 2 heterocycles. The van der Waals surface area contributed by atoms with Gasteiger partial charge in [-0.1, -0.05) is 35.9 Å². The molecule has 0 aromatic heterocycles. The van der Waals surface area contributed by atoms with Crippen molar-refractivity contribution >= 4 is 28.9 Å². The highest BCUT2D eigenvalue weighted by Gasteiger charge is 2.30. The zero-order valence-corrected chi connectivity index (χ0v) is 14.5. The van der Waals surface area contributed by atoms with Crippen molar-refractivity contribution in [2.45, 2.75) is 12.5 Å². The van der Waals surface area contributed by atoms with Crippen LogP contribution in [-0.2, 0) is 16.0 Å². The van der Waals surface area contributed by atoms with Gasteiger partial charge in [-0.25, -0.2) is 0 Å². The van der Waals surface area contributed by atoms with Gasteiger partial charge in [0.15, 0.2) is 6.10 Å². The minimum atomic E-state index is -0.520. The van der Waals surface area contributed by atoms with Gasteiger partial charge in [-0.05, 0) is 23.8 Å². The molecule has 2 aromatic rings. The summed E-state index contributed by atoms with van der Waals surface area (Å²) >= 11 is 6.41. The topological polar surface area (TPSA) is 50.8 Å². The van der Waals surface area contributed by atoms with E-state index in [4.69, 9.17) is 21.1 Å². The van der Waals surface area contributed by atoms with Gasteiger partial charge in [0.2, 0.25) is 0 Å². The summed E-state index contributed by atoms with van der Waals surface area (Å²) in [5.74, 6) is 0.620. The zero-order valence-electron chi connectivity index (χ0n) is 13.7. The maximum atomic E-state index is 12.7. The van der Waals surface area contributed by atoms with Crippen molar-refractivity contribution in [3.05, 3.63) is 53.1 Å². The van der Waals surface area contributed by atoms with Crippen LogP contribution in [0.25, 0.3) is 0 Å². The second-order valence-corrected chi connectivity index (χ2v) is 6.55. The number of carbonyl (C=O) groups excluding carboxylic acids is 1. The van der Waals surface area contributed by atoms with E-state index in [9.17, 15) is 4.79 Å². The Morgan fingerprint density at radius 3 is 2.72 bits per heavy atom. The second-order valence-electron chi connectivity index (χ2n) is 6.14. The molecule has 1 amide bonds. The SMILES string of the molecule is O=C(Nc1cccc(Cl)c1N1CCOCC1)C1Cc2ccccc2O1. The van der Waals surface area contributed by atoms with Crippen molar-refractivity contribution in [3.8, 4) is 5.75 Å². The Labute approximate surface area is 151 Å². The number of hydrogen-bond acceptors (Lipinski definition) is 4. The first-order valence-electron chi connectivity index (χ1n) is 8.39. The normalized spacial score (nSPS) is 19.2. The third kappa shape index (κ3) is 3.30. The number of carbonyl (C=O) groups is 1. The Hall–Kier alpha value is -2.24. The summed E-state index contributed by atoms with van der Waals surface area (Å²) in [4.78, 5) is 14.9. The lowest BCUT2D eigenvalue weighted by Gasteiger charge is -2.31. The Kier molecular flexibility index (Phi) is 4.51. The third-order valence-electron chi connectivity index (χ3n) is 4.51. The largest absolute Gasteiger partial charge is 0.480 e. The molecule has 25 heavy (non-hydrogen) atoms. The van der Waals surface area contributed by atoms with Crippen LogP contribution in [-0.4, -0.2) is 38.3 Å². The number of nitrogens with zero attached hydrogens (tertiary/aromatic N) is 1. The molecule has 0 saturated carbocycles. The summed E-state index contributed by atoms with van der Waals surface area (Å²) in [5, 5.41) is 3.62. The fraction of sp³-hybridized carbons (Fsp3) is 0.316. The Morgan fingerprint density at radius 2 is 1.92 bits per heavy atom. The fourth-order valence-corrected chi connectivity index (χ4v) is 3.56. The van der Waals surface area contributed by atoms with Gasteiger partial charge in [0.1, 0.15) is 5.75 Å². The molecule has 2 aliphatic heterocycles. The molecular weight excluding hydrogens is 340 g/mol. The van der Waals surface area contributed by atoms with E-state index in [0.717, 1.165) is 30.1 Å². The zero-order chi connectivity index (χ0) is 17.2. The highest BCUT2D eigenvalue weighted by atomic mass is 35.5. The van der Waals surface area contributed by atoms with E-state index >= 15 is 0 Å². The van der Waals surface area contributed by atoms with E-state index in [1.54, 1.807) is 0 Å². The molecule has 1 N–H and O–H groups in total. The van der Waals surface area contributed by atoms with E-state index in [-0.39, 0.29) is 5.91 Å². The lowest BCUT2D eigenvalue weighted by molar-refractivity contribution is -0.122. The van der Waals surface area contributed by atoms with E-state index in [2.05, 4.69) is 10.2 Å². The van der Waals surface area contributed by atoms with Gasteiger partial charge in [0.05, 0.1) is 29.6 Å². The first-order valence-corrected chi connectivity index (χ1v) is 8.77. The number of ether oxygens (including phenoxy) is 2. The summed E-state index contributed by atoms with van der Waals surface area (Å²) in [5.41, 5.74) is 2.61. The average molecular weight is 359 g/mol. The van der Waals surface area contributed by atoms with Crippen LogP contribution in [0.5, 0.6) is 5.75 Å². The van der Waals surface area contributed by atoms with Crippen molar-refractivity contribution < 1.29 is 14.3 Å². The molecule has 0 spiro atoms. The van der Waals surface area contributed by atoms with Crippen molar-refractivity contribution in [1.29, 1.82) is 0 Å². The van der Waals surface area contributed by atoms with Gasteiger partial charge in [-0.3, -0.25) is 4.79 Å². The maximum Gasteiger partial charge on any atom is 0.265 e. The Bertz CT molecular complexity index is 765. The first kappa shape index (κ1) is 16.2. The molecule has 130 valence electrons. The van der Waals surface area contributed by atoms with E-state index < -0.39 is 6.10 Å². The molecule has 5 nitrogen and oxygen atoms in total. The summed E-state index contributed by atoms with van der Waals surface area (Å²) in [6.07, 6.45) is 0.0593. The Balaban J connectivity index is 1.53. The highest BCUT2D eigenvalue weighted by molar-refractivity contribution is 6.34. The van der Waals surface area contributed by atoms with Crippen molar-refractivity contribution in [1.82, 2.24) is 0 Å². The van der Waals surface area contributed by atoms with Gasteiger partial charge in [-0.2, -0.15) is 0 Å². The smallest absolute Gasteiger partial charge is 0.265 e. The summed E-state index contributed by atoms with van der Waals surface area (Å²) < 4.78 is 11.2. The molecule has 1 saturated heterocycles. The monoisotopic (exact) mass is 358 g/mol. The van der Waals surface area contributed by atoms with Crippen LogP contribution < -0.4 is 15.0 Å². The van der Waals surface area contributed by atoms with E-state index in [0.29, 0.717) is 30.3 Å². The van der Waals surface area contributed by atoms with Gasteiger partial charge >= 0.3 is 0 Å². The number of anilines is 2. The van der Waals surface area contributed by atoms with Gasteiger partial charge < -0.3 is 19.7 Å². The van der Waals surface area contributed by atoms with Gasteiger partial charge in [0.25, 0.3) is 5.91 Å². The van der Waals surface area contributed by atoms with Crippen LogP contribution in [0.3, 0.4) is 0 Å². The minimum absolute atomic E-state index is 0.159. The number of rotatable bonds is 3. The standard InChI is InChI=1S/C19H19ClN2O3/c20-14-5-3-6-15(18(14)22-8-10-24-11-9-22)21-19(23)17-12-13-4-1-2-7-16(13)25-17/h1-7,17H,8-12H2,(H,21,23). The number of morpholine rings is 1. The van der Waals surface area contributed by atoms with Crippen molar-refractivity contribution in [3.63, 3.8) is 0 Å². The van der Waals surface area contributed by atoms with E-state index in [1.807, 2.05) is 42.5 Å². The minimum Gasteiger partial charge on any atom is -0.480 e. The van der Waals surface area contributed by atoms with Crippen LogP contribution in [0.2, 0.25) is 5.02 Å². The molecule has 1 fully saturated rings. The number of amides is 1. The molecule has 0 aliphatic carbocycles. The third-order valence-corrected chi connectivity index (χ3v) is 4.82. The molecular formula is C19H19ClN2O3. The summed E-state index contributed by atoms with van der Waals surface area (Å²) in [6.45, 7) is 2.80. The molecule has 4 rings (SSSR count). The predicted molar refractivity (Wildman–Crippen MR) is 97.7 cm³/mol. The molecule has 2 aliphatic rings.